The number of nitrogens with one attached hydrogen (secondary N) is 3. The molecule has 420 valence electrons. The van der Waals surface area contributed by atoms with E-state index in [1.165, 1.54) is 89.4 Å². The van der Waals surface area contributed by atoms with Crippen LogP contribution in [0.25, 0.3) is 0 Å². The number of sulfonamides is 3. The van der Waals surface area contributed by atoms with Gasteiger partial charge in [-0.15, -0.1) is 34.0 Å². The number of guanidine groups is 3. The number of aromatic nitrogens is 3. The van der Waals surface area contributed by atoms with Crippen LogP contribution in [-0.4, -0.2) is 114 Å². The van der Waals surface area contributed by atoms with Crippen molar-refractivity contribution in [2.75, 3.05) is 36.9 Å². The Morgan fingerprint density at radius 3 is 0.923 bits per heavy atom. The van der Waals surface area contributed by atoms with Gasteiger partial charge in [-0.05, 0) is 72.8 Å². The van der Waals surface area contributed by atoms with Gasteiger partial charge in [-0.1, -0.05) is 47.8 Å². The number of rotatable bonds is 27. The molecule has 3 aromatic heterocycles. The van der Waals surface area contributed by atoms with Gasteiger partial charge in [-0.25, -0.2) is 40.2 Å². The van der Waals surface area contributed by atoms with Gasteiger partial charge in [-0.3, -0.25) is 29.1 Å². The van der Waals surface area contributed by atoms with E-state index in [0.717, 1.165) is 47.8 Å². The van der Waals surface area contributed by atoms with Gasteiger partial charge in [-0.2, -0.15) is 50.3 Å². The van der Waals surface area contributed by atoms with E-state index in [9.17, 15) is 25.3 Å². The summed E-state index contributed by atoms with van der Waals surface area (Å²) in [5.74, 6) is 4.25. The highest BCUT2D eigenvalue weighted by Crippen LogP contribution is 2.24. The zero-order chi connectivity index (χ0) is 57.0. The number of nitrogens with two attached hydrogens (primary N) is 6. The minimum absolute atomic E-state index is 0.0153. The molecule has 78 heavy (non-hydrogen) atoms. The molecule has 3 aromatic carbocycles. The summed E-state index contributed by atoms with van der Waals surface area (Å²) in [5, 5.41) is 7.27. The number of benzene rings is 3. The number of nitrogens with zero attached hydrogens (tertiary/aromatic N) is 9. The maximum Gasteiger partial charge on any atom is 0.262 e. The van der Waals surface area contributed by atoms with Gasteiger partial charge in [0.15, 0.2) is 17.9 Å². The first kappa shape index (κ1) is 65.6. The Morgan fingerprint density at radius 2 is 0.692 bits per heavy atom. The highest BCUT2D eigenvalue weighted by Gasteiger charge is 2.14. The molecule has 0 aliphatic rings. The topological polar surface area (TPSA) is 407 Å². The predicted octanol–water partition coefficient (Wildman–Crippen LogP) is 6.15. The summed E-state index contributed by atoms with van der Waals surface area (Å²) in [6.45, 7) is 1.45. The largest absolute Gasteiger partial charge is 0.370 e. The van der Waals surface area contributed by atoms with Gasteiger partial charge in [0.2, 0.25) is 15.4 Å². The number of hydrogen-bond acceptors (Lipinski definition) is 21. The number of thiazole rings is 3. The van der Waals surface area contributed by atoms with Crippen LogP contribution in [0.2, 0.25) is 0 Å². The van der Waals surface area contributed by atoms with Gasteiger partial charge in [0.25, 0.3) is 30.1 Å². The van der Waals surface area contributed by atoms with Crippen LogP contribution in [0.5, 0.6) is 0 Å². The first-order valence-corrected chi connectivity index (χ1v) is 34.7. The fraction of sp³-hybridized carbons (Fsp3) is 0.214. The molecule has 0 radical (unpaired) electrons. The van der Waals surface area contributed by atoms with Crippen LogP contribution in [0.15, 0.2) is 147 Å². The van der Waals surface area contributed by atoms with Crippen molar-refractivity contribution < 1.29 is 25.3 Å². The number of thioether (sulfide) groups is 3. The van der Waals surface area contributed by atoms with E-state index in [1.807, 2.05) is 16.1 Å². The Bertz CT molecular complexity index is 2980. The van der Waals surface area contributed by atoms with E-state index in [0.29, 0.717) is 52.3 Å². The number of hydrogen-bond donors (Lipinski definition) is 9. The van der Waals surface area contributed by atoms with Crippen LogP contribution in [-0.2, 0) is 47.3 Å². The lowest BCUT2D eigenvalue weighted by Crippen LogP contribution is -2.22. The van der Waals surface area contributed by atoms with Gasteiger partial charge in [0, 0.05) is 83.7 Å². The smallest absolute Gasteiger partial charge is 0.262 e. The zero-order valence-electron chi connectivity index (χ0n) is 40.5. The number of aliphatic imine (C=N–C) groups is 6. The van der Waals surface area contributed by atoms with Crippen LogP contribution in [0, 0.1) is 0 Å². The number of halogens is 3. The van der Waals surface area contributed by atoms with E-state index >= 15 is 0 Å². The highest BCUT2D eigenvalue weighted by atomic mass is 79.9. The molecule has 0 fully saturated rings. The van der Waals surface area contributed by atoms with Crippen LogP contribution in [0.1, 0.15) is 17.1 Å². The normalized spacial score (nSPS) is 11.6. The summed E-state index contributed by atoms with van der Waals surface area (Å²) in [7, 11) is -10.8. The van der Waals surface area contributed by atoms with Crippen molar-refractivity contribution in [2.45, 2.75) is 31.9 Å². The molecule has 24 nitrogen and oxygen atoms in total. The van der Waals surface area contributed by atoms with Crippen molar-refractivity contribution in [3.05, 3.63) is 119 Å². The molecule has 0 amide bonds. The molecule has 15 N–H and O–H groups in total. The van der Waals surface area contributed by atoms with Gasteiger partial charge < -0.3 is 34.4 Å². The molecule has 0 bridgehead atoms. The van der Waals surface area contributed by atoms with E-state index in [1.54, 1.807) is 71.7 Å². The van der Waals surface area contributed by atoms with Gasteiger partial charge >= 0.3 is 0 Å². The average Bonchev–Trinajstić information content (AvgIpc) is 4.15. The maximum atomic E-state index is 12.0. The zero-order valence-corrected chi connectivity index (χ0v) is 52.6. The van der Waals surface area contributed by atoms with E-state index in [4.69, 9.17) is 34.4 Å². The minimum Gasteiger partial charge on any atom is -0.370 e. The van der Waals surface area contributed by atoms with Gasteiger partial charge in [0.1, 0.15) is 0 Å². The lowest BCUT2D eigenvalue weighted by atomic mass is 10.4. The summed E-state index contributed by atoms with van der Waals surface area (Å²) in [5.41, 5.74) is 34.5. The lowest BCUT2D eigenvalue weighted by Gasteiger charge is -2.03. The second-order valence-electron chi connectivity index (χ2n) is 14.5. The first-order valence-electron chi connectivity index (χ1n) is 21.7. The van der Waals surface area contributed by atoms with Crippen molar-refractivity contribution in [3.63, 3.8) is 0 Å². The standard InChI is InChI=1S/3C14H17BrN6O2S3/c3*15-10-1-3-12(4-2-10)26(22,23)19-9-18-5-6-24-7-11-8-25-14(20-11)21-13(16)17/h3*1-4,8-9H,5-7H2,(H,18,19)(H4,16,17,20,21). The van der Waals surface area contributed by atoms with Crippen LogP contribution in [0.4, 0.5) is 15.4 Å². The monoisotopic (exact) mass is 1430 g/mol. The Hall–Kier alpha value is -4.89. The molecule has 0 atom stereocenters. The third kappa shape index (κ3) is 26.4. The molecule has 0 unspecified atom stereocenters. The molecule has 0 spiro atoms. The summed E-state index contributed by atoms with van der Waals surface area (Å²) < 4.78 is 81.7. The Kier molecular flexibility index (Phi) is 28.9. The SMILES string of the molecule is NC(N)=Nc1nc(CSCCN=CNS(=O)(=O)c2ccc(Br)cc2)cs1.NC(N)=Nc1nc(CSCCN=CNS(=O)(=O)c2ccc(Br)cc2)cs1.NC(N)=Nc1nc(CSCCN=CNS(=O)(=O)c2ccc(Br)cc2)cs1. The maximum absolute atomic E-state index is 12.0. The summed E-state index contributed by atoms with van der Waals surface area (Å²) in [6, 6.07) is 19.1. The molecule has 0 aliphatic carbocycles. The molecular formula is C42H51Br3N18O6S9. The molecule has 6 rings (SSSR count). The van der Waals surface area contributed by atoms with Crippen molar-refractivity contribution >= 4 is 199 Å². The second-order valence-corrected chi connectivity index (χ2v) is 28.2. The molecule has 36 heteroatoms. The van der Waals surface area contributed by atoms with Crippen LogP contribution in [0.3, 0.4) is 0 Å². The van der Waals surface area contributed by atoms with Crippen LogP contribution >= 0.6 is 117 Å². The minimum atomic E-state index is -3.59. The fourth-order valence-electron chi connectivity index (χ4n) is 5.01. The van der Waals surface area contributed by atoms with Crippen molar-refractivity contribution in [1.82, 2.24) is 29.1 Å². The van der Waals surface area contributed by atoms with Crippen molar-refractivity contribution in [2.24, 2.45) is 64.4 Å². The molecular weight excluding hydrogens is 1380 g/mol. The van der Waals surface area contributed by atoms with Crippen molar-refractivity contribution in [1.29, 1.82) is 0 Å². The molecule has 3 heterocycles. The quantitative estimate of drug-likeness (QED) is 0.0158. The third-order valence-electron chi connectivity index (χ3n) is 8.41. The molecule has 0 aliphatic heterocycles. The average molecular weight is 1430 g/mol. The Labute approximate surface area is 501 Å². The van der Waals surface area contributed by atoms with E-state index < -0.39 is 30.1 Å². The van der Waals surface area contributed by atoms with Gasteiger partial charge in [0.05, 0.1) is 50.8 Å². The highest BCUT2D eigenvalue weighted by molar-refractivity contribution is 9.11. The third-order valence-corrected chi connectivity index (χ3v) is 19.2. The van der Waals surface area contributed by atoms with E-state index in [2.05, 4.69) is 107 Å². The molecule has 0 saturated heterocycles. The fourth-order valence-corrected chi connectivity index (χ4v) is 13.0. The molecule has 6 aromatic rings. The Morgan fingerprint density at radius 1 is 0.449 bits per heavy atom. The summed E-state index contributed by atoms with van der Waals surface area (Å²) in [4.78, 5) is 37.2. The summed E-state index contributed by atoms with van der Waals surface area (Å²) >= 11 is 18.8. The van der Waals surface area contributed by atoms with Crippen LogP contribution < -0.4 is 48.6 Å². The van der Waals surface area contributed by atoms with E-state index in [-0.39, 0.29) is 32.6 Å². The first-order chi connectivity index (χ1) is 37.1. The van der Waals surface area contributed by atoms with Crippen molar-refractivity contribution in [3.8, 4) is 0 Å². The lowest BCUT2D eigenvalue weighted by molar-refractivity contribution is 0.591. The summed E-state index contributed by atoms with van der Waals surface area (Å²) in [6.07, 6.45) is 3.62. The predicted molar refractivity (Wildman–Crippen MR) is 335 cm³/mol. The molecule has 0 saturated carbocycles. The Balaban J connectivity index is 0.000000252. The second kappa shape index (κ2) is 34.3.